The lowest BCUT2D eigenvalue weighted by atomic mass is 9.92. The van der Waals surface area contributed by atoms with Gasteiger partial charge < -0.3 is 15.7 Å². The number of nitrogens with one attached hydrogen (secondary N) is 2. The fourth-order valence-electron chi connectivity index (χ4n) is 3.26. The lowest BCUT2D eigenvalue weighted by molar-refractivity contribution is -0.387. The second-order valence-electron chi connectivity index (χ2n) is 9.97. The van der Waals surface area contributed by atoms with Gasteiger partial charge >= 0.3 is 5.69 Å². The number of nitrogen functional groups attached to an aromatic ring is 1. The number of nitro groups is 1. The van der Waals surface area contributed by atoms with Gasteiger partial charge in [0.05, 0.1) is 10.6 Å². The van der Waals surface area contributed by atoms with Gasteiger partial charge in [-0.25, -0.2) is 4.39 Å². The van der Waals surface area contributed by atoms with Crippen molar-refractivity contribution in [3.63, 3.8) is 0 Å². The van der Waals surface area contributed by atoms with E-state index in [1.165, 1.54) is 18.2 Å². The van der Waals surface area contributed by atoms with Gasteiger partial charge in [0, 0.05) is 62.2 Å². The summed E-state index contributed by atoms with van der Waals surface area (Å²) in [5, 5.41) is 12.2. The highest BCUT2D eigenvalue weighted by Crippen LogP contribution is 2.30. The minimum absolute atomic E-state index is 0.0320. The zero-order valence-electron chi connectivity index (χ0n) is 19.1. The van der Waals surface area contributed by atoms with Crippen LogP contribution in [0, 0.1) is 21.7 Å². The molecule has 0 unspecified atom stereocenters. The molecule has 0 fully saturated rings. The Labute approximate surface area is 185 Å². The molecule has 2 aromatic carbocycles. The Bertz CT molecular complexity index is 1270. The molecule has 0 atom stereocenters. The Morgan fingerprint density at radius 1 is 0.781 bits per heavy atom. The summed E-state index contributed by atoms with van der Waals surface area (Å²) in [7, 11) is 0. The van der Waals surface area contributed by atoms with Gasteiger partial charge in [-0.2, -0.15) is 4.39 Å². The standard InChI is InChI=1S/C12H13FN2O2.C12H15FN2/c1-12(2,3)11-5-7-4-10(15(16)17)8(13)6-9(7)14-11;1-12(2,3)11-5-7-4-9(14)8(13)6-10(7)15-11/h4-6,14H,1-3H3;4-6,15H,14H2,1-3H3. The van der Waals surface area contributed by atoms with E-state index in [0.29, 0.717) is 10.9 Å². The van der Waals surface area contributed by atoms with Crippen LogP contribution in [-0.4, -0.2) is 14.9 Å². The van der Waals surface area contributed by atoms with Crippen LogP contribution >= 0.6 is 0 Å². The van der Waals surface area contributed by atoms with Crippen LogP contribution < -0.4 is 5.73 Å². The molecule has 0 aliphatic carbocycles. The van der Waals surface area contributed by atoms with Gasteiger partial charge in [0.2, 0.25) is 5.82 Å². The lowest BCUT2D eigenvalue weighted by Gasteiger charge is -2.15. The second-order valence-corrected chi connectivity index (χ2v) is 9.97. The van der Waals surface area contributed by atoms with Gasteiger partial charge in [-0.15, -0.1) is 0 Å². The van der Waals surface area contributed by atoms with Crippen molar-refractivity contribution in [2.45, 2.75) is 52.4 Å². The molecule has 6 nitrogen and oxygen atoms in total. The number of benzene rings is 2. The van der Waals surface area contributed by atoms with E-state index in [1.807, 2.05) is 32.9 Å². The first-order valence-corrected chi connectivity index (χ1v) is 10.2. The molecule has 0 bridgehead atoms. The van der Waals surface area contributed by atoms with Crippen molar-refractivity contribution in [1.82, 2.24) is 9.97 Å². The number of anilines is 1. The van der Waals surface area contributed by atoms with Gasteiger partial charge in [0.25, 0.3) is 0 Å². The number of halogens is 2. The van der Waals surface area contributed by atoms with Gasteiger partial charge in [-0.05, 0) is 18.2 Å². The molecule has 170 valence electrons. The van der Waals surface area contributed by atoms with Crippen LogP contribution in [0.4, 0.5) is 20.2 Å². The third-order valence-electron chi connectivity index (χ3n) is 5.24. The molecule has 4 rings (SSSR count). The molecule has 4 N–H and O–H groups in total. The van der Waals surface area contributed by atoms with Crippen molar-refractivity contribution in [3.05, 3.63) is 69.5 Å². The first-order chi connectivity index (χ1) is 14.7. The van der Waals surface area contributed by atoms with Crippen LogP contribution in [0.5, 0.6) is 0 Å². The first kappa shape index (κ1) is 23.2. The molecule has 32 heavy (non-hydrogen) atoms. The molecule has 8 heteroatoms. The number of nitro benzene ring substituents is 1. The highest BCUT2D eigenvalue weighted by atomic mass is 19.1. The van der Waals surface area contributed by atoms with Crippen molar-refractivity contribution in [2.75, 3.05) is 5.73 Å². The minimum Gasteiger partial charge on any atom is -0.396 e. The van der Waals surface area contributed by atoms with Gasteiger partial charge in [-0.3, -0.25) is 10.1 Å². The molecular formula is C24H28F2N4O2. The number of nitrogens with zero attached hydrogens (tertiary/aromatic N) is 1. The Balaban J connectivity index is 0.000000182. The topological polar surface area (TPSA) is 101 Å². The van der Waals surface area contributed by atoms with Gasteiger partial charge in [0.15, 0.2) is 0 Å². The third-order valence-corrected chi connectivity index (χ3v) is 5.24. The zero-order chi connectivity index (χ0) is 24.0. The summed E-state index contributed by atoms with van der Waals surface area (Å²) < 4.78 is 26.6. The third kappa shape index (κ3) is 4.74. The Morgan fingerprint density at radius 2 is 1.22 bits per heavy atom. The maximum Gasteiger partial charge on any atom is 0.305 e. The zero-order valence-corrected chi connectivity index (χ0v) is 19.1. The molecule has 2 aromatic heterocycles. The predicted molar refractivity (Wildman–Crippen MR) is 125 cm³/mol. The minimum atomic E-state index is -0.815. The van der Waals surface area contributed by atoms with Crippen LogP contribution in [0.15, 0.2) is 36.4 Å². The average Bonchev–Trinajstić information content (AvgIpc) is 3.25. The Kier molecular flexibility index (Phi) is 5.76. The highest BCUT2D eigenvalue weighted by Gasteiger charge is 2.20. The molecule has 0 aliphatic rings. The normalized spacial score (nSPS) is 12.1. The van der Waals surface area contributed by atoms with E-state index in [1.54, 1.807) is 6.07 Å². The van der Waals surface area contributed by atoms with Crippen LogP contribution in [0.2, 0.25) is 0 Å². The van der Waals surface area contributed by atoms with E-state index >= 15 is 0 Å². The average molecular weight is 443 g/mol. The second kappa shape index (κ2) is 7.93. The van der Waals surface area contributed by atoms with Crippen molar-refractivity contribution >= 4 is 33.2 Å². The van der Waals surface area contributed by atoms with Crippen molar-refractivity contribution in [3.8, 4) is 0 Å². The SMILES string of the molecule is CC(C)(C)c1cc2cc(N)c(F)cc2[nH]1.CC(C)(C)c1cc2cc([N+](=O)[O-])c(F)cc2[nH]1. The van der Waals surface area contributed by atoms with E-state index in [0.717, 1.165) is 22.3 Å². The molecule has 0 saturated carbocycles. The predicted octanol–water partition coefficient (Wildman–Crippen LogP) is 6.70. The van der Waals surface area contributed by atoms with Gasteiger partial charge in [0.1, 0.15) is 5.82 Å². The van der Waals surface area contributed by atoms with E-state index in [9.17, 15) is 18.9 Å². The maximum absolute atomic E-state index is 13.4. The quantitative estimate of drug-likeness (QED) is 0.174. The van der Waals surface area contributed by atoms with Crippen molar-refractivity contribution < 1.29 is 13.7 Å². The number of rotatable bonds is 1. The fraction of sp³-hybridized carbons (Fsp3) is 0.333. The van der Waals surface area contributed by atoms with E-state index in [4.69, 9.17) is 5.73 Å². The number of H-pyrrole nitrogens is 2. The summed E-state index contributed by atoms with van der Waals surface area (Å²) in [5.74, 6) is -1.19. The van der Waals surface area contributed by atoms with E-state index < -0.39 is 16.4 Å². The number of hydrogen-bond donors (Lipinski definition) is 3. The number of aromatic nitrogens is 2. The summed E-state index contributed by atoms with van der Waals surface area (Å²) in [6, 6.07) is 9.38. The highest BCUT2D eigenvalue weighted by molar-refractivity contribution is 5.84. The number of fused-ring (bicyclic) bond motifs is 2. The van der Waals surface area contributed by atoms with Crippen LogP contribution in [0.25, 0.3) is 21.8 Å². The molecule has 0 amide bonds. The van der Waals surface area contributed by atoms with Gasteiger partial charge in [-0.1, -0.05) is 41.5 Å². The summed E-state index contributed by atoms with van der Waals surface area (Å²) >= 11 is 0. The van der Waals surface area contributed by atoms with E-state index in [-0.39, 0.29) is 22.3 Å². The Hall–Kier alpha value is -3.42. The summed E-state index contributed by atoms with van der Waals surface area (Å²) in [5.41, 5.74) is 8.54. The summed E-state index contributed by atoms with van der Waals surface area (Å²) in [6.45, 7) is 12.4. The molecule has 0 spiro atoms. The molecule has 0 saturated heterocycles. The maximum atomic E-state index is 13.4. The summed E-state index contributed by atoms with van der Waals surface area (Å²) in [4.78, 5) is 16.2. The monoisotopic (exact) mass is 442 g/mol. The summed E-state index contributed by atoms with van der Waals surface area (Å²) in [6.07, 6.45) is 0. The number of hydrogen-bond acceptors (Lipinski definition) is 3. The van der Waals surface area contributed by atoms with Crippen molar-refractivity contribution in [1.29, 1.82) is 0 Å². The molecule has 2 heterocycles. The lowest BCUT2D eigenvalue weighted by Crippen LogP contribution is -2.10. The van der Waals surface area contributed by atoms with Crippen LogP contribution in [-0.2, 0) is 10.8 Å². The smallest absolute Gasteiger partial charge is 0.305 e. The fourth-order valence-corrected chi connectivity index (χ4v) is 3.26. The molecule has 0 radical (unpaired) electrons. The largest absolute Gasteiger partial charge is 0.396 e. The number of nitrogens with two attached hydrogens (primary N) is 1. The molecule has 0 aliphatic heterocycles. The van der Waals surface area contributed by atoms with Crippen LogP contribution in [0.1, 0.15) is 52.9 Å². The molecular weight excluding hydrogens is 414 g/mol. The van der Waals surface area contributed by atoms with Crippen LogP contribution in [0.3, 0.4) is 0 Å². The Morgan fingerprint density at radius 3 is 1.66 bits per heavy atom. The first-order valence-electron chi connectivity index (χ1n) is 10.2. The van der Waals surface area contributed by atoms with Crippen molar-refractivity contribution in [2.24, 2.45) is 0 Å². The molecule has 4 aromatic rings. The number of aromatic amines is 2. The van der Waals surface area contributed by atoms with E-state index in [2.05, 4.69) is 30.7 Å².